The first-order chi connectivity index (χ1) is 17.1. The highest BCUT2D eigenvalue weighted by molar-refractivity contribution is 6.06. The van der Waals surface area contributed by atoms with E-state index in [1.807, 2.05) is 24.3 Å². The Morgan fingerprint density at radius 1 is 1.06 bits per heavy atom. The number of aromatic nitrogens is 3. The number of nitrogens with two attached hydrogens (primary N) is 1. The van der Waals surface area contributed by atoms with Gasteiger partial charge in [-0.15, -0.1) is 0 Å². The molecule has 0 bridgehead atoms. The maximum absolute atomic E-state index is 13.2. The third-order valence-corrected chi connectivity index (χ3v) is 6.05. The summed E-state index contributed by atoms with van der Waals surface area (Å²) in [6.07, 6.45) is 3.84. The summed E-state index contributed by atoms with van der Waals surface area (Å²) in [5.41, 5.74) is 10.2. The molecule has 1 saturated carbocycles. The predicted molar refractivity (Wildman–Crippen MR) is 134 cm³/mol. The number of hydrogen-bond donors (Lipinski definition) is 3. The first kappa shape index (κ1) is 21.4. The molecule has 1 aliphatic heterocycles. The van der Waals surface area contributed by atoms with Crippen molar-refractivity contribution in [3.63, 3.8) is 0 Å². The number of oxazole rings is 1. The molecular formula is C25H25N7O3. The van der Waals surface area contributed by atoms with Crippen molar-refractivity contribution in [1.29, 1.82) is 0 Å². The fraction of sp³-hybridized carbons (Fsp3) is 0.280. The minimum atomic E-state index is -0.318. The molecule has 1 aliphatic carbocycles. The molecule has 4 N–H and O–H groups in total. The number of morpholine rings is 1. The van der Waals surface area contributed by atoms with Crippen LogP contribution >= 0.6 is 0 Å². The number of pyridine rings is 2. The van der Waals surface area contributed by atoms with Gasteiger partial charge in [-0.1, -0.05) is 6.07 Å². The standard InChI is InChI=1S/C25H25N7O3/c26-23-7-4-15(14-27-23)17-2-1-3-18(29-17)24(33)30-20-13-22-21(12-19(20)28-16-5-6-16)31-25(35-22)32-8-10-34-11-9-32/h1-4,7,12-14,16,28H,5-6,8-11H2,(H2,26,27)(H,30,33). The second-order valence-corrected chi connectivity index (χ2v) is 8.71. The van der Waals surface area contributed by atoms with Crippen LogP contribution in [0.25, 0.3) is 22.4 Å². The summed E-state index contributed by atoms with van der Waals surface area (Å²) in [5.74, 6) is 0.110. The summed E-state index contributed by atoms with van der Waals surface area (Å²) in [5, 5.41) is 6.50. The van der Waals surface area contributed by atoms with E-state index in [1.165, 1.54) is 0 Å². The summed E-state index contributed by atoms with van der Waals surface area (Å²) >= 11 is 0. The maximum Gasteiger partial charge on any atom is 0.298 e. The Morgan fingerprint density at radius 3 is 2.69 bits per heavy atom. The van der Waals surface area contributed by atoms with Crippen LogP contribution in [0.1, 0.15) is 23.3 Å². The molecule has 1 amide bonds. The van der Waals surface area contributed by atoms with Crippen molar-refractivity contribution in [2.24, 2.45) is 0 Å². The third kappa shape index (κ3) is 4.60. The molecule has 1 saturated heterocycles. The number of nitrogens with zero attached hydrogens (tertiary/aromatic N) is 4. The summed E-state index contributed by atoms with van der Waals surface area (Å²) in [6.45, 7) is 2.75. The Kier molecular flexibility index (Phi) is 5.42. The van der Waals surface area contributed by atoms with Crippen LogP contribution in [0.3, 0.4) is 0 Å². The van der Waals surface area contributed by atoms with Crippen LogP contribution in [0.15, 0.2) is 53.1 Å². The SMILES string of the molecule is Nc1ccc(-c2cccc(C(=O)Nc3cc4oc(N5CCOCC5)nc4cc3NC3CC3)n2)cn1. The number of ether oxygens (including phenoxy) is 1. The van der Waals surface area contributed by atoms with Crippen molar-refractivity contribution in [3.8, 4) is 11.3 Å². The fourth-order valence-electron chi connectivity index (χ4n) is 3.99. The van der Waals surface area contributed by atoms with Crippen molar-refractivity contribution in [2.75, 3.05) is 47.6 Å². The molecule has 6 rings (SSSR count). The van der Waals surface area contributed by atoms with Crippen LogP contribution in [-0.2, 0) is 4.74 Å². The number of benzene rings is 1. The molecule has 4 heterocycles. The average Bonchev–Trinajstić information content (AvgIpc) is 3.61. The van der Waals surface area contributed by atoms with Gasteiger partial charge in [0.2, 0.25) is 0 Å². The van der Waals surface area contributed by atoms with E-state index in [9.17, 15) is 4.79 Å². The van der Waals surface area contributed by atoms with Crippen LogP contribution in [0, 0.1) is 0 Å². The number of nitrogen functional groups attached to an aromatic ring is 1. The summed E-state index contributed by atoms with van der Waals surface area (Å²) in [7, 11) is 0. The fourth-order valence-corrected chi connectivity index (χ4v) is 3.99. The molecule has 2 fully saturated rings. The molecule has 0 radical (unpaired) electrons. The van der Waals surface area contributed by atoms with Crippen LogP contribution < -0.4 is 21.3 Å². The minimum absolute atomic E-state index is 0.295. The van der Waals surface area contributed by atoms with Crippen molar-refractivity contribution < 1.29 is 13.9 Å². The molecule has 0 atom stereocenters. The van der Waals surface area contributed by atoms with Gasteiger partial charge in [0.15, 0.2) is 5.58 Å². The van der Waals surface area contributed by atoms with Gasteiger partial charge in [0.25, 0.3) is 11.9 Å². The molecule has 4 aromatic rings. The number of hydrogen-bond acceptors (Lipinski definition) is 9. The molecule has 10 nitrogen and oxygen atoms in total. The number of rotatable bonds is 6. The maximum atomic E-state index is 13.2. The van der Waals surface area contributed by atoms with E-state index in [4.69, 9.17) is 14.9 Å². The Morgan fingerprint density at radius 2 is 1.91 bits per heavy atom. The van der Waals surface area contributed by atoms with Crippen LogP contribution in [-0.4, -0.2) is 53.2 Å². The predicted octanol–water partition coefficient (Wildman–Crippen LogP) is 3.53. The van der Waals surface area contributed by atoms with E-state index in [0.29, 0.717) is 53.7 Å². The summed E-state index contributed by atoms with van der Waals surface area (Å²) in [4.78, 5) is 28.6. The first-order valence-corrected chi connectivity index (χ1v) is 11.7. The van der Waals surface area contributed by atoms with E-state index in [0.717, 1.165) is 42.7 Å². The third-order valence-electron chi connectivity index (χ3n) is 6.05. The van der Waals surface area contributed by atoms with E-state index in [1.54, 1.807) is 24.4 Å². The molecule has 178 valence electrons. The Bertz CT molecular complexity index is 1380. The van der Waals surface area contributed by atoms with Crippen LogP contribution in [0.4, 0.5) is 23.2 Å². The van der Waals surface area contributed by atoms with Gasteiger partial charge in [-0.25, -0.2) is 9.97 Å². The molecule has 3 aromatic heterocycles. The molecule has 1 aromatic carbocycles. The Balaban J connectivity index is 1.29. The normalized spacial score (nSPS) is 15.8. The second kappa shape index (κ2) is 8.88. The molecule has 10 heteroatoms. The highest BCUT2D eigenvalue weighted by atomic mass is 16.5. The van der Waals surface area contributed by atoms with Crippen LogP contribution in [0.2, 0.25) is 0 Å². The van der Waals surface area contributed by atoms with Crippen molar-refractivity contribution in [3.05, 3.63) is 54.4 Å². The molecule has 0 unspecified atom stereocenters. The van der Waals surface area contributed by atoms with Gasteiger partial charge in [-0.3, -0.25) is 4.79 Å². The van der Waals surface area contributed by atoms with Crippen molar-refractivity contribution in [1.82, 2.24) is 15.0 Å². The zero-order chi connectivity index (χ0) is 23.8. The smallest absolute Gasteiger partial charge is 0.298 e. The lowest BCUT2D eigenvalue weighted by Gasteiger charge is -2.24. The van der Waals surface area contributed by atoms with Gasteiger partial charge < -0.3 is 30.4 Å². The zero-order valence-electron chi connectivity index (χ0n) is 19.0. The largest absolute Gasteiger partial charge is 0.423 e. The lowest BCUT2D eigenvalue weighted by molar-refractivity contribution is 0.102. The summed E-state index contributed by atoms with van der Waals surface area (Å²) in [6, 6.07) is 13.6. The van der Waals surface area contributed by atoms with E-state index >= 15 is 0 Å². The van der Waals surface area contributed by atoms with Crippen LogP contribution in [0.5, 0.6) is 0 Å². The lowest BCUT2D eigenvalue weighted by Crippen LogP contribution is -2.36. The molecular weight excluding hydrogens is 446 g/mol. The van der Waals surface area contributed by atoms with E-state index in [-0.39, 0.29) is 5.91 Å². The highest BCUT2D eigenvalue weighted by Gasteiger charge is 2.24. The highest BCUT2D eigenvalue weighted by Crippen LogP contribution is 2.35. The molecule has 35 heavy (non-hydrogen) atoms. The number of anilines is 4. The van der Waals surface area contributed by atoms with E-state index < -0.39 is 0 Å². The number of fused-ring (bicyclic) bond motifs is 1. The van der Waals surface area contributed by atoms with Crippen molar-refractivity contribution in [2.45, 2.75) is 18.9 Å². The minimum Gasteiger partial charge on any atom is -0.423 e. The van der Waals surface area contributed by atoms with Gasteiger partial charge in [-0.2, -0.15) is 4.98 Å². The van der Waals surface area contributed by atoms with Gasteiger partial charge >= 0.3 is 0 Å². The Labute approximate surface area is 201 Å². The monoisotopic (exact) mass is 471 g/mol. The first-order valence-electron chi connectivity index (χ1n) is 11.7. The molecule has 0 spiro atoms. The zero-order valence-corrected chi connectivity index (χ0v) is 19.0. The number of carbonyl (C=O) groups is 1. The second-order valence-electron chi connectivity index (χ2n) is 8.71. The van der Waals surface area contributed by atoms with Crippen molar-refractivity contribution >= 4 is 40.2 Å². The van der Waals surface area contributed by atoms with Gasteiger partial charge in [0, 0.05) is 37.0 Å². The Hall–Kier alpha value is -4.18. The number of amides is 1. The van der Waals surface area contributed by atoms with Gasteiger partial charge in [0.1, 0.15) is 17.0 Å². The number of nitrogens with one attached hydrogen (secondary N) is 2. The van der Waals surface area contributed by atoms with E-state index in [2.05, 4.69) is 30.5 Å². The average molecular weight is 472 g/mol. The van der Waals surface area contributed by atoms with Gasteiger partial charge in [-0.05, 0) is 43.2 Å². The topological polar surface area (TPSA) is 131 Å². The summed E-state index contributed by atoms with van der Waals surface area (Å²) < 4.78 is 11.5. The lowest BCUT2D eigenvalue weighted by atomic mass is 10.1. The van der Waals surface area contributed by atoms with Gasteiger partial charge in [0.05, 0.1) is 30.3 Å². The quantitative estimate of drug-likeness (QED) is 0.386. The molecule has 2 aliphatic rings. The number of carbonyl (C=O) groups excluding carboxylic acids is 1.